The van der Waals surface area contributed by atoms with E-state index in [1.165, 1.54) is 5.56 Å². The van der Waals surface area contributed by atoms with Gasteiger partial charge in [-0.2, -0.15) is 0 Å². The Bertz CT molecular complexity index is 277. The molecule has 0 saturated heterocycles. The molecular formula is C14H23NO2. The number of aliphatic hydroxyl groups excluding tert-OH is 1. The van der Waals surface area contributed by atoms with Crippen LogP contribution < -0.4 is 5.32 Å². The highest BCUT2D eigenvalue weighted by atomic mass is 16.5. The van der Waals surface area contributed by atoms with E-state index in [-0.39, 0.29) is 6.61 Å². The summed E-state index contributed by atoms with van der Waals surface area (Å²) >= 11 is 0. The molecule has 0 spiro atoms. The summed E-state index contributed by atoms with van der Waals surface area (Å²) in [6, 6.07) is 10.6. The second-order valence-electron chi connectivity index (χ2n) is 4.29. The van der Waals surface area contributed by atoms with E-state index < -0.39 is 0 Å². The lowest BCUT2D eigenvalue weighted by Crippen LogP contribution is -2.31. The lowest BCUT2D eigenvalue weighted by molar-refractivity contribution is 0.103. The van der Waals surface area contributed by atoms with Gasteiger partial charge in [0.25, 0.3) is 0 Å². The first-order valence-electron chi connectivity index (χ1n) is 6.29. The Kier molecular flexibility index (Phi) is 7.63. The molecule has 0 aliphatic carbocycles. The van der Waals surface area contributed by atoms with Crippen LogP contribution in [-0.2, 0) is 11.3 Å². The van der Waals surface area contributed by atoms with E-state index in [0.717, 1.165) is 19.4 Å². The normalized spacial score (nSPS) is 12.6. The molecule has 1 unspecified atom stereocenters. The average Bonchev–Trinajstić information content (AvgIpc) is 2.36. The highest BCUT2D eigenvalue weighted by Gasteiger charge is 2.00. The molecule has 1 rings (SSSR count). The van der Waals surface area contributed by atoms with E-state index in [0.29, 0.717) is 19.3 Å². The minimum atomic E-state index is 0.278. The number of hydrogen-bond acceptors (Lipinski definition) is 3. The van der Waals surface area contributed by atoms with Gasteiger partial charge in [0.05, 0.1) is 13.2 Å². The summed E-state index contributed by atoms with van der Waals surface area (Å²) in [4.78, 5) is 0. The third-order valence-electron chi connectivity index (χ3n) is 2.56. The van der Waals surface area contributed by atoms with Gasteiger partial charge in [-0.15, -0.1) is 0 Å². The first-order chi connectivity index (χ1) is 8.33. The number of ether oxygens (including phenoxy) is 1. The number of hydrogen-bond donors (Lipinski definition) is 2. The van der Waals surface area contributed by atoms with Crippen LogP contribution in [0.3, 0.4) is 0 Å². The zero-order chi connectivity index (χ0) is 12.3. The van der Waals surface area contributed by atoms with Gasteiger partial charge in [-0.05, 0) is 31.9 Å². The molecule has 3 nitrogen and oxygen atoms in total. The van der Waals surface area contributed by atoms with Gasteiger partial charge in [-0.1, -0.05) is 30.3 Å². The quantitative estimate of drug-likeness (QED) is 0.645. The molecular weight excluding hydrogens is 214 g/mol. The molecule has 0 heterocycles. The van der Waals surface area contributed by atoms with Crippen molar-refractivity contribution in [3.05, 3.63) is 35.9 Å². The molecule has 0 saturated carbocycles. The van der Waals surface area contributed by atoms with E-state index in [4.69, 9.17) is 9.84 Å². The van der Waals surface area contributed by atoms with E-state index in [1.54, 1.807) is 0 Å². The Morgan fingerprint density at radius 3 is 2.71 bits per heavy atom. The molecule has 17 heavy (non-hydrogen) atoms. The van der Waals surface area contributed by atoms with Crippen molar-refractivity contribution in [1.29, 1.82) is 0 Å². The van der Waals surface area contributed by atoms with Crippen LogP contribution in [0.4, 0.5) is 0 Å². The summed E-state index contributed by atoms with van der Waals surface area (Å²) in [5.41, 5.74) is 1.21. The van der Waals surface area contributed by atoms with Crippen molar-refractivity contribution >= 4 is 0 Å². The number of rotatable bonds is 9. The highest BCUT2D eigenvalue weighted by Crippen LogP contribution is 2.00. The number of aliphatic hydroxyl groups is 1. The Morgan fingerprint density at radius 1 is 1.24 bits per heavy atom. The van der Waals surface area contributed by atoms with Gasteiger partial charge in [0.1, 0.15) is 0 Å². The third kappa shape index (κ3) is 7.10. The topological polar surface area (TPSA) is 41.5 Å². The van der Waals surface area contributed by atoms with Crippen molar-refractivity contribution in [3.8, 4) is 0 Å². The monoisotopic (exact) mass is 237 g/mol. The second kappa shape index (κ2) is 9.16. The van der Waals surface area contributed by atoms with Crippen molar-refractivity contribution in [2.24, 2.45) is 0 Å². The van der Waals surface area contributed by atoms with Gasteiger partial charge in [0, 0.05) is 12.6 Å². The molecule has 2 N–H and O–H groups in total. The van der Waals surface area contributed by atoms with Crippen LogP contribution in [0, 0.1) is 0 Å². The number of benzene rings is 1. The van der Waals surface area contributed by atoms with Gasteiger partial charge in [-0.25, -0.2) is 0 Å². The second-order valence-corrected chi connectivity index (χ2v) is 4.29. The minimum Gasteiger partial charge on any atom is -0.396 e. The van der Waals surface area contributed by atoms with Crippen molar-refractivity contribution in [2.75, 3.05) is 19.8 Å². The highest BCUT2D eigenvalue weighted by molar-refractivity contribution is 5.13. The summed E-state index contributed by atoms with van der Waals surface area (Å²) in [5, 5.41) is 12.0. The summed E-state index contributed by atoms with van der Waals surface area (Å²) in [6.45, 7) is 4.72. The fourth-order valence-electron chi connectivity index (χ4n) is 1.57. The van der Waals surface area contributed by atoms with Crippen LogP contribution in [0.25, 0.3) is 0 Å². The Morgan fingerprint density at radius 2 is 2.00 bits per heavy atom. The fraction of sp³-hybridized carbons (Fsp3) is 0.571. The van der Waals surface area contributed by atoms with Crippen molar-refractivity contribution in [2.45, 2.75) is 32.4 Å². The molecule has 0 bridgehead atoms. The van der Waals surface area contributed by atoms with Crippen LogP contribution in [0.15, 0.2) is 30.3 Å². The zero-order valence-corrected chi connectivity index (χ0v) is 10.6. The fourth-order valence-corrected chi connectivity index (χ4v) is 1.57. The Labute approximate surface area is 104 Å². The largest absolute Gasteiger partial charge is 0.396 e. The Hall–Kier alpha value is -0.900. The Balaban J connectivity index is 2.02. The molecule has 1 aromatic rings. The van der Waals surface area contributed by atoms with Crippen LogP contribution >= 0.6 is 0 Å². The maximum Gasteiger partial charge on any atom is 0.0717 e. The molecule has 0 amide bonds. The number of unbranched alkanes of at least 4 members (excludes halogenated alkanes) is 1. The van der Waals surface area contributed by atoms with Gasteiger partial charge in [0.15, 0.2) is 0 Å². The summed E-state index contributed by atoms with van der Waals surface area (Å²) in [7, 11) is 0. The summed E-state index contributed by atoms with van der Waals surface area (Å²) in [6.07, 6.45) is 1.88. The van der Waals surface area contributed by atoms with Crippen molar-refractivity contribution < 1.29 is 9.84 Å². The minimum absolute atomic E-state index is 0.278. The molecule has 0 radical (unpaired) electrons. The average molecular weight is 237 g/mol. The van der Waals surface area contributed by atoms with Crippen LogP contribution in [0.1, 0.15) is 25.3 Å². The predicted octanol–water partition coefficient (Wildman–Crippen LogP) is 1.95. The zero-order valence-electron chi connectivity index (χ0n) is 10.6. The smallest absolute Gasteiger partial charge is 0.0717 e. The van der Waals surface area contributed by atoms with Crippen molar-refractivity contribution in [3.63, 3.8) is 0 Å². The molecule has 1 atom stereocenters. The first kappa shape index (κ1) is 14.2. The van der Waals surface area contributed by atoms with Crippen LogP contribution in [0.2, 0.25) is 0 Å². The lowest BCUT2D eigenvalue weighted by atomic mass is 10.2. The van der Waals surface area contributed by atoms with Gasteiger partial charge < -0.3 is 15.2 Å². The van der Waals surface area contributed by atoms with Gasteiger partial charge >= 0.3 is 0 Å². The molecule has 0 aliphatic heterocycles. The van der Waals surface area contributed by atoms with Crippen LogP contribution in [0.5, 0.6) is 0 Å². The van der Waals surface area contributed by atoms with E-state index in [9.17, 15) is 0 Å². The van der Waals surface area contributed by atoms with E-state index >= 15 is 0 Å². The predicted molar refractivity (Wildman–Crippen MR) is 69.9 cm³/mol. The van der Waals surface area contributed by atoms with E-state index in [2.05, 4.69) is 24.4 Å². The van der Waals surface area contributed by atoms with Gasteiger partial charge in [0.2, 0.25) is 0 Å². The molecule has 0 fully saturated rings. The molecule has 3 heteroatoms. The summed E-state index contributed by atoms with van der Waals surface area (Å²) in [5.74, 6) is 0. The summed E-state index contributed by atoms with van der Waals surface area (Å²) < 4.78 is 5.63. The lowest BCUT2D eigenvalue weighted by Gasteiger charge is -2.14. The molecule has 0 aliphatic rings. The van der Waals surface area contributed by atoms with Crippen LogP contribution in [-0.4, -0.2) is 30.9 Å². The number of nitrogens with one attached hydrogen (secondary N) is 1. The molecule has 1 aromatic carbocycles. The SMILES string of the molecule is CC(COCc1ccccc1)NCCCCO. The van der Waals surface area contributed by atoms with Crippen molar-refractivity contribution in [1.82, 2.24) is 5.32 Å². The molecule has 0 aromatic heterocycles. The molecule has 96 valence electrons. The standard InChI is InChI=1S/C14H23NO2/c1-13(15-9-5-6-10-16)11-17-12-14-7-3-2-4-8-14/h2-4,7-8,13,15-16H,5-6,9-12H2,1H3. The van der Waals surface area contributed by atoms with Gasteiger partial charge in [-0.3, -0.25) is 0 Å². The first-order valence-corrected chi connectivity index (χ1v) is 6.29. The van der Waals surface area contributed by atoms with E-state index in [1.807, 2.05) is 18.2 Å². The maximum atomic E-state index is 8.65. The third-order valence-corrected chi connectivity index (χ3v) is 2.56. The maximum absolute atomic E-state index is 8.65.